The van der Waals surface area contributed by atoms with Gasteiger partial charge < -0.3 is 4.74 Å². The van der Waals surface area contributed by atoms with Gasteiger partial charge in [-0.05, 0) is 38.6 Å². The number of halogens is 1. The van der Waals surface area contributed by atoms with Crippen molar-refractivity contribution in [3.8, 4) is 0 Å². The molecule has 0 N–H and O–H groups in total. The van der Waals surface area contributed by atoms with Crippen LogP contribution in [0, 0.1) is 0 Å². The van der Waals surface area contributed by atoms with Crippen molar-refractivity contribution < 1.29 is 4.74 Å². The molecule has 0 aromatic heterocycles. The second-order valence-corrected chi connectivity index (χ2v) is 7.16. The van der Waals surface area contributed by atoms with E-state index < -0.39 is 0 Å². The van der Waals surface area contributed by atoms with Gasteiger partial charge in [-0.15, -0.1) is 0 Å². The Balaban J connectivity index is 1.78. The predicted octanol–water partition coefficient (Wildman–Crippen LogP) is 4.37. The van der Waals surface area contributed by atoms with Crippen LogP contribution < -0.4 is 0 Å². The summed E-state index contributed by atoms with van der Waals surface area (Å²) < 4.78 is 6.49. The van der Waals surface area contributed by atoms with Gasteiger partial charge in [0.25, 0.3) is 0 Å². The van der Waals surface area contributed by atoms with Gasteiger partial charge >= 0.3 is 0 Å². The molecule has 0 amide bonds. The van der Waals surface area contributed by atoms with Crippen molar-refractivity contribution >= 4 is 15.9 Å². The molecule has 2 fully saturated rings. The molecule has 0 aromatic rings. The lowest BCUT2D eigenvalue weighted by Gasteiger charge is -2.34. The Morgan fingerprint density at radius 2 is 1.95 bits per heavy atom. The van der Waals surface area contributed by atoms with Crippen molar-refractivity contribution in [1.29, 1.82) is 0 Å². The van der Waals surface area contributed by atoms with Crippen LogP contribution in [0.4, 0.5) is 0 Å². The lowest BCUT2D eigenvalue weighted by molar-refractivity contribution is -0.0714. The number of alkyl halides is 1. The maximum absolute atomic E-state index is 6.49. The third-order valence-electron chi connectivity index (χ3n) is 4.79. The second-order valence-electron chi connectivity index (χ2n) is 6.37. The minimum Gasteiger partial charge on any atom is -0.370 e. The summed E-state index contributed by atoms with van der Waals surface area (Å²) in [6, 6.07) is 0. The minimum atomic E-state index is 0.285. The van der Waals surface area contributed by atoms with Crippen molar-refractivity contribution in [3.63, 3.8) is 0 Å². The van der Waals surface area contributed by atoms with Gasteiger partial charge in [0.1, 0.15) is 0 Å². The lowest BCUT2D eigenvalue weighted by Crippen LogP contribution is -2.37. The van der Waals surface area contributed by atoms with E-state index in [4.69, 9.17) is 4.74 Å². The van der Waals surface area contributed by atoms with Crippen molar-refractivity contribution in [2.24, 2.45) is 0 Å². The van der Waals surface area contributed by atoms with E-state index in [0.717, 1.165) is 18.4 Å². The summed E-state index contributed by atoms with van der Waals surface area (Å²) in [5, 5.41) is 1.08. The first-order chi connectivity index (χ1) is 9.28. The van der Waals surface area contributed by atoms with Gasteiger partial charge in [-0.25, -0.2) is 0 Å². The van der Waals surface area contributed by atoms with Crippen molar-refractivity contribution in [2.45, 2.75) is 76.4 Å². The van der Waals surface area contributed by atoms with E-state index in [1.165, 1.54) is 64.3 Å². The minimum absolute atomic E-state index is 0.285. The fraction of sp³-hybridized carbons (Fsp3) is 1.00. The quantitative estimate of drug-likeness (QED) is 0.642. The number of hydrogen-bond donors (Lipinski definition) is 0. The summed E-state index contributed by atoms with van der Waals surface area (Å²) >= 11 is 3.58. The Labute approximate surface area is 127 Å². The Hall–Kier alpha value is 0.400. The molecular formula is C16H30BrNO. The SMILES string of the molecule is CCCCN(CCBr)CC1CCC2(CCCCC2)O1. The van der Waals surface area contributed by atoms with Crippen molar-refractivity contribution in [1.82, 2.24) is 4.90 Å². The van der Waals surface area contributed by atoms with Gasteiger partial charge in [-0.1, -0.05) is 48.5 Å². The van der Waals surface area contributed by atoms with E-state index in [2.05, 4.69) is 27.8 Å². The number of unbranched alkanes of at least 4 members (excludes halogenated alkanes) is 1. The summed E-state index contributed by atoms with van der Waals surface area (Å²) in [4.78, 5) is 2.59. The highest BCUT2D eigenvalue weighted by Crippen LogP contribution is 2.41. The Morgan fingerprint density at radius 3 is 2.63 bits per heavy atom. The van der Waals surface area contributed by atoms with Crippen LogP contribution in [0.25, 0.3) is 0 Å². The summed E-state index contributed by atoms with van der Waals surface area (Å²) in [7, 11) is 0. The largest absolute Gasteiger partial charge is 0.370 e. The molecule has 1 saturated heterocycles. The molecule has 1 aliphatic carbocycles. The molecule has 19 heavy (non-hydrogen) atoms. The Kier molecular flexibility index (Phi) is 6.64. The first-order valence-corrected chi connectivity index (χ1v) is 9.36. The van der Waals surface area contributed by atoms with Crippen LogP contribution in [0.5, 0.6) is 0 Å². The van der Waals surface area contributed by atoms with Gasteiger partial charge in [-0.3, -0.25) is 4.90 Å². The van der Waals surface area contributed by atoms with Crippen molar-refractivity contribution in [2.75, 3.05) is 25.0 Å². The topological polar surface area (TPSA) is 12.5 Å². The van der Waals surface area contributed by atoms with E-state index in [-0.39, 0.29) is 5.60 Å². The molecule has 1 aliphatic heterocycles. The van der Waals surface area contributed by atoms with Crippen LogP contribution in [-0.2, 0) is 4.74 Å². The number of nitrogens with zero attached hydrogens (tertiary/aromatic N) is 1. The van der Waals surface area contributed by atoms with E-state index in [1.54, 1.807) is 0 Å². The zero-order chi connectivity index (χ0) is 13.6. The molecule has 0 bridgehead atoms. The molecule has 1 saturated carbocycles. The van der Waals surface area contributed by atoms with Crippen LogP contribution in [0.2, 0.25) is 0 Å². The zero-order valence-electron chi connectivity index (χ0n) is 12.5. The van der Waals surface area contributed by atoms with Gasteiger partial charge in [0.15, 0.2) is 0 Å². The van der Waals surface area contributed by atoms with E-state index in [9.17, 15) is 0 Å². The highest BCUT2D eigenvalue weighted by atomic mass is 79.9. The predicted molar refractivity (Wildman–Crippen MR) is 85.1 cm³/mol. The number of ether oxygens (including phenoxy) is 1. The first-order valence-electron chi connectivity index (χ1n) is 8.24. The average molecular weight is 332 g/mol. The fourth-order valence-electron chi connectivity index (χ4n) is 3.67. The highest BCUT2D eigenvalue weighted by Gasteiger charge is 2.40. The fourth-order valence-corrected chi connectivity index (χ4v) is 4.17. The second kappa shape index (κ2) is 7.99. The highest BCUT2D eigenvalue weighted by molar-refractivity contribution is 9.09. The molecule has 112 valence electrons. The maximum atomic E-state index is 6.49. The molecule has 2 rings (SSSR count). The maximum Gasteiger partial charge on any atom is 0.0710 e. The average Bonchev–Trinajstić information content (AvgIpc) is 2.80. The molecule has 1 spiro atoms. The van der Waals surface area contributed by atoms with E-state index in [0.29, 0.717) is 6.10 Å². The standard InChI is InChI=1S/C16H30BrNO/c1-2-3-12-18(13-11-17)14-15-7-10-16(19-15)8-5-4-6-9-16/h15H,2-14H2,1H3. The molecule has 1 unspecified atom stereocenters. The van der Waals surface area contributed by atoms with Crippen LogP contribution in [0.1, 0.15) is 64.7 Å². The number of rotatable bonds is 7. The monoisotopic (exact) mass is 331 g/mol. The summed E-state index contributed by atoms with van der Waals surface area (Å²) in [5.74, 6) is 0. The molecule has 1 atom stereocenters. The first kappa shape index (κ1) is 15.8. The van der Waals surface area contributed by atoms with Crippen LogP contribution in [-0.4, -0.2) is 41.6 Å². The van der Waals surface area contributed by atoms with E-state index in [1.807, 2.05) is 0 Å². The summed E-state index contributed by atoms with van der Waals surface area (Å²) in [5.41, 5.74) is 0.285. The third kappa shape index (κ3) is 4.71. The molecule has 0 radical (unpaired) electrons. The third-order valence-corrected chi connectivity index (χ3v) is 5.15. The van der Waals surface area contributed by atoms with Gasteiger partial charge in [0.05, 0.1) is 11.7 Å². The smallest absolute Gasteiger partial charge is 0.0710 e. The van der Waals surface area contributed by atoms with Crippen LogP contribution >= 0.6 is 15.9 Å². The van der Waals surface area contributed by atoms with E-state index >= 15 is 0 Å². The summed E-state index contributed by atoms with van der Waals surface area (Å²) in [6.45, 7) is 5.81. The Morgan fingerprint density at radius 1 is 1.16 bits per heavy atom. The van der Waals surface area contributed by atoms with Gasteiger partial charge in [-0.2, -0.15) is 0 Å². The van der Waals surface area contributed by atoms with Crippen LogP contribution in [0.15, 0.2) is 0 Å². The van der Waals surface area contributed by atoms with Gasteiger partial charge in [0.2, 0.25) is 0 Å². The molecular weight excluding hydrogens is 302 g/mol. The lowest BCUT2D eigenvalue weighted by atomic mass is 9.83. The zero-order valence-corrected chi connectivity index (χ0v) is 14.1. The Bertz CT molecular complexity index is 253. The molecule has 0 aromatic carbocycles. The normalized spacial score (nSPS) is 26.4. The van der Waals surface area contributed by atoms with Crippen molar-refractivity contribution in [3.05, 3.63) is 0 Å². The molecule has 2 aliphatic rings. The summed E-state index contributed by atoms with van der Waals surface area (Å²) in [6.07, 6.45) is 12.5. The molecule has 1 heterocycles. The number of hydrogen-bond acceptors (Lipinski definition) is 2. The van der Waals surface area contributed by atoms with Gasteiger partial charge in [0, 0.05) is 18.4 Å². The molecule has 3 heteroatoms. The molecule has 2 nitrogen and oxygen atoms in total. The van der Waals surface area contributed by atoms with Crippen LogP contribution in [0.3, 0.4) is 0 Å².